The third kappa shape index (κ3) is 6.18. The van der Waals surface area contributed by atoms with Gasteiger partial charge in [0.05, 0.1) is 11.8 Å². The molecule has 0 aromatic heterocycles. The minimum absolute atomic E-state index is 0.163. The fourth-order valence-electron chi connectivity index (χ4n) is 2.47. The molecule has 4 heteroatoms. The van der Waals surface area contributed by atoms with Crippen LogP contribution in [-0.4, -0.2) is 23.3 Å². The van der Waals surface area contributed by atoms with Gasteiger partial charge in [0.1, 0.15) is 11.6 Å². The first kappa shape index (κ1) is 19.4. The van der Waals surface area contributed by atoms with Gasteiger partial charge in [-0.2, -0.15) is 5.26 Å². The second kappa shape index (κ2) is 8.96. The maximum Gasteiger partial charge on any atom is 0.306 e. The molecule has 0 N–H and O–H groups in total. The fraction of sp³-hybridized carbons (Fsp3) is 0.318. The molecule has 1 atom stereocenters. The molecular formula is C22H24N2O2. The van der Waals surface area contributed by atoms with Crippen LogP contribution in [0.2, 0.25) is 0 Å². The van der Waals surface area contributed by atoms with Crippen LogP contribution >= 0.6 is 0 Å². The molecule has 134 valence electrons. The Labute approximate surface area is 155 Å². The van der Waals surface area contributed by atoms with Gasteiger partial charge in [-0.1, -0.05) is 60.7 Å². The van der Waals surface area contributed by atoms with Gasteiger partial charge in [-0.15, -0.1) is 0 Å². The quantitative estimate of drug-likeness (QED) is 0.569. The average molecular weight is 348 g/mol. The predicted molar refractivity (Wildman–Crippen MR) is 103 cm³/mol. The summed E-state index contributed by atoms with van der Waals surface area (Å²) in [5.41, 5.74) is 2.11. The van der Waals surface area contributed by atoms with Crippen molar-refractivity contribution in [3.8, 4) is 6.07 Å². The van der Waals surface area contributed by atoms with E-state index in [1.165, 1.54) is 0 Å². The van der Waals surface area contributed by atoms with Crippen LogP contribution in [0.4, 0.5) is 0 Å². The summed E-state index contributed by atoms with van der Waals surface area (Å²) in [6.07, 6.45) is 0.491. The van der Waals surface area contributed by atoms with E-state index in [4.69, 9.17) is 4.74 Å². The lowest BCUT2D eigenvalue weighted by molar-refractivity contribution is -0.154. The molecule has 2 aromatic rings. The Morgan fingerprint density at radius 1 is 1.04 bits per heavy atom. The lowest BCUT2D eigenvalue weighted by Gasteiger charge is -2.19. The zero-order valence-corrected chi connectivity index (χ0v) is 15.5. The molecule has 0 amide bonds. The number of hydrogen-bond acceptors (Lipinski definition) is 4. The van der Waals surface area contributed by atoms with Crippen LogP contribution in [0.15, 0.2) is 65.7 Å². The molecule has 0 aliphatic rings. The predicted octanol–water partition coefficient (Wildman–Crippen LogP) is 4.54. The molecule has 0 radical (unpaired) electrons. The summed E-state index contributed by atoms with van der Waals surface area (Å²) in [4.78, 5) is 16.6. The number of nitrogens with zero attached hydrogens (tertiary/aromatic N) is 2. The SMILES string of the molecule is CC(C)(C)OC(=O)CCC(C#N)N=C(c1ccccc1)c1ccccc1. The standard InChI is InChI=1S/C22H24N2O2/c1-22(2,3)26-20(25)15-14-19(16-23)24-21(17-10-6-4-7-11-17)18-12-8-5-9-13-18/h4-13,19H,14-15H2,1-3H3. The van der Waals surface area contributed by atoms with E-state index in [-0.39, 0.29) is 12.4 Å². The first-order valence-corrected chi connectivity index (χ1v) is 8.69. The number of aliphatic imine (C=N–C) groups is 1. The van der Waals surface area contributed by atoms with Gasteiger partial charge in [0.2, 0.25) is 0 Å². The Kier molecular flexibility index (Phi) is 6.68. The van der Waals surface area contributed by atoms with Gasteiger partial charge in [-0.05, 0) is 27.2 Å². The molecule has 0 bridgehead atoms. The Balaban J connectivity index is 2.22. The number of benzene rings is 2. The van der Waals surface area contributed by atoms with Gasteiger partial charge in [0.25, 0.3) is 0 Å². The molecule has 0 saturated carbocycles. The Hall–Kier alpha value is -2.93. The van der Waals surface area contributed by atoms with Gasteiger partial charge in [-0.25, -0.2) is 0 Å². The van der Waals surface area contributed by atoms with E-state index >= 15 is 0 Å². The monoisotopic (exact) mass is 348 g/mol. The lowest BCUT2D eigenvalue weighted by Crippen LogP contribution is -2.24. The number of ether oxygens (including phenoxy) is 1. The topological polar surface area (TPSA) is 62.5 Å². The molecule has 2 rings (SSSR count). The van der Waals surface area contributed by atoms with E-state index in [1.54, 1.807) is 0 Å². The zero-order valence-electron chi connectivity index (χ0n) is 15.5. The molecule has 4 nitrogen and oxygen atoms in total. The normalized spacial score (nSPS) is 11.9. The maximum absolute atomic E-state index is 11.9. The Morgan fingerprint density at radius 3 is 1.96 bits per heavy atom. The third-order valence-electron chi connectivity index (χ3n) is 3.57. The van der Waals surface area contributed by atoms with Crippen LogP contribution in [0.25, 0.3) is 0 Å². The van der Waals surface area contributed by atoms with Crippen molar-refractivity contribution < 1.29 is 9.53 Å². The highest BCUT2D eigenvalue weighted by molar-refractivity contribution is 6.13. The van der Waals surface area contributed by atoms with Crippen molar-refractivity contribution in [3.63, 3.8) is 0 Å². The van der Waals surface area contributed by atoms with E-state index in [1.807, 2.05) is 81.4 Å². The molecule has 1 unspecified atom stereocenters. The zero-order chi connectivity index (χ0) is 19.0. The first-order chi connectivity index (χ1) is 12.4. The molecule has 0 fully saturated rings. The maximum atomic E-state index is 11.9. The van der Waals surface area contributed by atoms with Gasteiger partial charge >= 0.3 is 5.97 Å². The van der Waals surface area contributed by atoms with Crippen molar-refractivity contribution in [1.82, 2.24) is 0 Å². The summed E-state index contributed by atoms with van der Waals surface area (Å²) in [7, 11) is 0. The number of rotatable bonds is 6. The van der Waals surface area contributed by atoms with Crippen LogP contribution < -0.4 is 0 Å². The van der Waals surface area contributed by atoms with Gasteiger partial charge in [0.15, 0.2) is 0 Å². The highest BCUT2D eigenvalue weighted by Gasteiger charge is 2.18. The summed E-state index contributed by atoms with van der Waals surface area (Å²) in [5.74, 6) is -0.311. The largest absolute Gasteiger partial charge is 0.460 e. The number of hydrogen-bond donors (Lipinski definition) is 0. The van der Waals surface area contributed by atoms with Crippen molar-refractivity contribution >= 4 is 11.7 Å². The van der Waals surface area contributed by atoms with Crippen LogP contribution in [0, 0.1) is 11.3 Å². The van der Waals surface area contributed by atoms with Crippen molar-refractivity contribution in [1.29, 1.82) is 5.26 Å². The van der Waals surface area contributed by atoms with Crippen LogP contribution in [0.3, 0.4) is 0 Å². The first-order valence-electron chi connectivity index (χ1n) is 8.69. The molecule has 2 aromatic carbocycles. The second-order valence-electron chi connectivity index (χ2n) is 6.98. The summed E-state index contributed by atoms with van der Waals surface area (Å²) >= 11 is 0. The van der Waals surface area contributed by atoms with Gasteiger partial charge < -0.3 is 4.74 Å². The van der Waals surface area contributed by atoms with Gasteiger partial charge in [0, 0.05) is 17.5 Å². The minimum Gasteiger partial charge on any atom is -0.460 e. The molecule has 0 spiro atoms. The molecule has 0 saturated heterocycles. The minimum atomic E-state index is -0.613. The molecule has 0 aliphatic heterocycles. The summed E-state index contributed by atoms with van der Waals surface area (Å²) in [6.45, 7) is 5.48. The summed E-state index contributed by atoms with van der Waals surface area (Å²) in [6, 6.07) is 21.1. The van der Waals surface area contributed by atoms with Crippen LogP contribution in [0.1, 0.15) is 44.7 Å². The number of carbonyl (C=O) groups excluding carboxylic acids is 1. The molecule has 0 aliphatic carbocycles. The van der Waals surface area contributed by atoms with Crippen molar-refractivity contribution in [2.45, 2.75) is 45.3 Å². The van der Waals surface area contributed by atoms with E-state index in [0.29, 0.717) is 6.42 Å². The lowest BCUT2D eigenvalue weighted by atomic mass is 10.0. The number of nitriles is 1. The Morgan fingerprint density at radius 2 is 1.54 bits per heavy atom. The second-order valence-corrected chi connectivity index (χ2v) is 6.98. The third-order valence-corrected chi connectivity index (χ3v) is 3.57. The number of esters is 1. The van der Waals surface area contributed by atoms with Crippen LogP contribution in [-0.2, 0) is 9.53 Å². The Bertz CT molecular complexity index is 743. The highest BCUT2D eigenvalue weighted by atomic mass is 16.6. The summed E-state index contributed by atoms with van der Waals surface area (Å²) < 4.78 is 5.31. The van der Waals surface area contributed by atoms with Crippen LogP contribution in [0.5, 0.6) is 0 Å². The molecule has 0 heterocycles. The number of carbonyl (C=O) groups is 1. The van der Waals surface area contributed by atoms with Crippen molar-refractivity contribution in [2.24, 2.45) is 4.99 Å². The molecule has 26 heavy (non-hydrogen) atoms. The van der Waals surface area contributed by atoms with E-state index in [9.17, 15) is 10.1 Å². The van der Waals surface area contributed by atoms with Gasteiger partial charge in [-0.3, -0.25) is 9.79 Å². The van der Waals surface area contributed by atoms with Crippen molar-refractivity contribution in [2.75, 3.05) is 0 Å². The average Bonchev–Trinajstić information content (AvgIpc) is 2.62. The smallest absolute Gasteiger partial charge is 0.306 e. The van der Waals surface area contributed by atoms with E-state index < -0.39 is 11.6 Å². The van der Waals surface area contributed by atoms with E-state index in [0.717, 1.165) is 16.8 Å². The molecular weight excluding hydrogens is 324 g/mol. The highest BCUT2D eigenvalue weighted by Crippen LogP contribution is 2.15. The summed E-state index contributed by atoms with van der Waals surface area (Å²) in [5, 5.41) is 9.50. The van der Waals surface area contributed by atoms with E-state index in [2.05, 4.69) is 11.1 Å². The fourth-order valence-corrected chi connectivity index (χ4v) is 2.47. The van der Waals surface area contributed by atoms with Crippen molar-refractivity contribution in [3.05, 3.63) is 71.8 Å².